The number of nitrogens with zero attached hydrogens (tertiary/aromatic N) is 3. The van der Waals surface area contributed by atoms with Gasteiger partial charge < -0.3 is 25.6 Å². The van der Waals surface area contributed by atoms with E-state index in [1.807, 2.05) is 4.90 Å². The molecule has 9 nitrogen and oxygen atoms in total. The van der Waals surface area contributed by atoms with Crippen LogP contribution in [0.5, 0.6) is 5.75 Å². The molecule has 0 bridgehead atoms. The van der Waals surface area contributed by atoms with E-state index in [0.717, 1.165) is 11.3 Å². The number of amides is 3. The molecular formula is C18H24F2N6O3. The number of alkyl halides is 2. The van der Waals surface area contributed by atoms with Crippen molar-refractivity contribution in [2.45, 2.75) is 19.1 Å². The monoisotopic (exact) mass is 410 g/mol. The Balaban J connectivity index is 1.50. The molecule has 29 heavy (non-hydrogen) atoms. The van der Waals surface area contributed by atoms with Gasteiger partial charge in [-0.1, -0.05) is 12.1 Å². The quantitative estimate of drug-likeness (QED) is 0.346. The third-order valence-corrected chi connectivity index (χ3v) is 4.74. The Kier molecular flexibility index (Phi) is 6.68. The van der Waals surface area contributed by atoms with E-state index in [9.17, 15) is 18.4 Å². The largest absolute Gasteiger partial charge is 0.433 e. The van der Waals surface area contributed by atoms with Crippen LogP contribution in [0.25, 0.3) is 0 Å². The van der Waals surface area contributed by atoms with Gasteiger partial charge in [0.15, 0.2) is 5.96 Å². The van der Waals surface area contributed by atoms with Crippen LogP contribution < -0.4 is 25.6 Å². The topological polar surface area (TPSA) is 98.3 Å². The van der Waals surface area contributed by atoms with E-state index >= 15 is 0 Å². The van der Waals surface area contributed by atoms with Gasteiger partial charge in [-0.2, -0.15) is 8.78 Å². The fourth-order valence-electron chi connectivity index (χ4n) is 3.37. The van der Waals surface area contributed by atoms with Gasteiger partial charge in [0.05, 0.1) is 12.2 Å². The molecule has 3 rings (SSSR count). The number of nitrogens with one attached hydrogen (secondary N) is 3. The second kappa shape index (κ2) is 9.39. The summed E-state index contributed by atoms with van der Waals surface area (Å²) >= 11 is 0. The predicted molar refractivity (Wildman–Crippen MR) is 103 cm³/mol. The van der Waals surface area contributed by atoms with Crippen molar-refractivity contribution in [2.75, 3.05) is 44.7 Å². The Morgan fingerprint density at radius 2 is 2.17 bits per heavy atom. The average Bonchev–Trinajstić information content (AvgIpc) is 3.28. The number of para-hydroxylation sites is 2. The number of carbonyl (C=O) groups excluding carboxylic acids is 2. The molecule has 1 aromatic rings. The Bertz CT molecular complexity index is 760. The molecule has 2 aliphatic heterocycles. The van der Waals surface area contributed by atoms with Crippen molar-refractivity contribution in [3.05, 3.63) is 24.3 Å². The lowest BCUT2D eigenvalue weighted by Gasteiger charge is -2.22. The van der Waals surface area contributed by atoms with Crippen molar-refractivity contribution in [1.29, 1.82) is 0 Å². The second-order valence-corrected chi connectivity index (χ2v) is 6.63. The predicted octanol–water partition coefficient (Wildman–Crippen LogP) is 0.584. The molecule has 0 saturated carbocycles. The number of ether oxygens (including phenoxy) is 1. The first-order valence-electron chi connectivity index (χ1n) is 9.32. The summed E-state index contributed by atoms with van der Waals surface area (Å²) in [7, 11) is 1.63. The lowest BCUT2D eigenvalue weighted by atomic mass is 10.2. The molecule has 0 aliphatic carbocycles. The van der Waals surface area contributed by atoms with Gasteiger partial charge >= 0.3 is 12.6 Å². The summed E-state index contributed by atoms with van der Waals surface area (Å²) in [5.41, 5.74) is 0.624. The third kappa shape index (κ3) is 5.24. The molecule has 11 heteroatoms. The molecular weight excluding hydrogens is 386 g/mol. The molecule has 158 valence electrons. The van der Waals surface area contributed by atoms with Crippen LogP contribution in [-0.4, -0.2) is 75.2 Å². The fraction of sp³-hybridized carbons (Fsp3) is 0.500. The van der Waals surface area contributed by atoms with E-state index in [2.05, 4.69) is 25.7 Å². The summed E-state index contributed by atoms with van der Waals surface area (Å²) < 4.78 is 29.9. The number of guanidine groups is 1. The average molecular weight is 410 g/mol. The number of carbonyl (C=O) groups is 2. The smallest absolute Gasteiger partial charge is 0.387 e. The van der Waals surface area contributed by atoms with Crippen LogP contribution in [0.2, 0.25) is 0 Å². The van der Waals surface area contributed by atoms with Crippen LogP contribution in [0, 0.1) is 0 Å². The molecule has 2 saturated heterocycles. The van der Waals surface area contributed by atoms with Crippen LogP contribution in [-0.2, 0) is 4.79 Å². The molecule has 1 unspecified atom stereocenters. The number of anilines is 1. The van der Waals surface area contributed by atoms with E-state index in [1.54, 1.807) is 25.2 Å². The van der Waals surface area contributed by atoms with Gasteiger partial charge in [0.1, 0.15) is 5.75 Å². The van der Waals surface area contributed by atoms with Crippen molar-refractivity contribution in [2.24, 2.45) is 4.99 Å². The maximum absolute atomic E-state index is 12.6. The highest BCUT2D eigenvalue weighted by molar-refractivity contribution is 6.01. The summed E-state index contributed by atoms with van der Waals surface area (Å²) in [6.45, 7) is -0.973. The number of imide groups is 1. The zero-order chi connectivity index (χ0) is 20.8. The molecule has 0 radical (unpaired) electrons. The van der Waals surface area contributed by atoms with Crippen molar-refractivity contribution < 1.29 is 23.1 Å². The van der Waals surface area contributed by atoms with Crippen LogP contribution in [0.4, 0.5) is 19.3 Å². The third-order valence-electron chi connectivity index (χ3n) is 4.74. The van der Waals surface area contributed by atoms with Gasteiger partial charge in [0.2, 0.25) is 5.91 Å². The first kappa shape index (κ1) is 20.6. The molecule has 2 heterocycles. The molecule has 1 atom stereocenters. The van der Waals surface area contributed by atoms with E-state index in [4.69, 9.17) is 0 Å². The van der Waals surface area contributed by atoms with E-state index < -0.39 is 12.6 Å². The van der Waals surface area contributed by atoms with Crippen LogP contribution in [0.3, 0.4) is 0 Å². The number of aliphatic imine (C=N–C) groups is 1. The van der Waals surface area contributed by atoms with Crippen LogP contribution in [0.15, 0.2) is 29.3 Å². The molecule has 1 aromatic carbocycles. The summed E-state index contributed by atoms with van der Waals surface area (Å²) in [4.78, 5) is 30.4. The second-order valence-electron chi connectivity index (χ2n) is 6.63. The SMILES string of the molecule is CN=C(NCCN1C(=O)CNC1=O)NC1CCN(c2ccccc2OC(F)F)C1. The fourth-order valence-corrected chi connectivity index (χ4v) is 3.37. The molecule has 3 amide bonds. The molecule has 2 fully saturated rings. The Morgan fingerprint density at radius 3 is 2.86 bits per heavy atom. The van der Waals surface area contributed by atoms with Gasteiger partial charge in [-0.25, -0.2) is 4.79 Å². The van der Waals surface area contributed by atoms with Crippen LogP contribution >= 0.6 is 0 Å². The maximum atomic E-state index is 12.6. The molecule has 0 aromatic heterocycles. The number of benzene rings is 1. The number of hydrogen-bond donors (Lipinski definition) is 3. The van der Waals surface area contributed by atoms with Gasteiger partial charge in [-0.15, -0.1) is 0 Å². The van der Waals surface area contributed by atoms with Crippen molar-refractivity contribution in [3.63, 3.8) is 0 Å². The highest BCUT2D eigenvalue weighted by Crippen LogP contribution is 2.31. The first-order chi connectivity index (χ1) is 14.0. The lowest BCUT2D eigenvalue weighted by molar-refractivity contribution is -0.124. The lowest BCUT2D eigenvalue weighted by Crippen LogP contribution is -2.47. The minimum Gasteiger partial charge on any atom is -0.433 e. The highest BCUT2D eigenvalue weighted by Gasteiger charge is 2.28. The number of urea groups is 1. The highest BCUT2D eigenvalue weighted by atomic mass is 19.3. The Morgan fingerprint density at radius 1 is 1.38 bits per heavy atom. The van der Waals surface area contributed by atoms with Crippen molar-refractivity contribution in [1.82, 2.24) is 20.9 Å². The van der Waals surface area contributed by atoms with Gasteiger partial charge in [0.25, 0.3) is 0 Å². The normalized spacial score (nSPS) is 19.7. The zero-order valence-electron chi connectivity index (χ0n) is 16.0. The summed E-state index contributed by atoms with van der Waals surface area (Å²) in [5.74, 6) is 0.441. The minimum atomic E-state index is -2.87. The van der Waals surface area contributed by atoms with E-state index in [-0.39, 0.29) is 30.8 Å². The minimum absolute atomic E-state index is 0.0282. The summed E-state index contributed by atoms with van der Waals surface area (Å²) in [6.07, 6.45) is 0.788. The van der Waals surface area contributed by atoms with E-state index in [0.29, 0.717) is 31.3 Å². The van der Waals surface area contributed by atoms with E-state index in [1.165, 1.54) is 6.07 Å². The standard InChI is InChI=1S/C18H24F2N6O3/c1-21-17(22-7-9-26-15(27)10-23-18(26)28)24-12-6-8-25(11-12)13-4-2-3-5-14(13)29-16(19)20/h2-5,12,16H,6-11H2,1H3,(H,23,28)(H2,21,22,24). The number of halogens is 2. The molecule has 0 spiro atoms. The van der Waals surface area contributed by atoms with Gasteiger partial charge in [-0.3, -0.25) is 14.7 Å². The first-order valence-corrected chi connectivity index (χ1v) is 9.32. The van der Waals surface area contributed by atoms with Gasteiger partial charge in [0, 0.05) is 39.3 Å². The maximum Gasteiger partial charge on any atom is 0.387 e. The zero-order valence-corrected chi connectivity index (χ0v) is 16.0. The Hall–Kier alpha value is -3.11. The molecule has 2 aliphatic rings. The molecule has 3 N–H and O–H groups in total. The van der Waals surface area contributed by atoms with Crippen LogP contribution in [0.1, 0.15) is 6.42 Å². The van der Waals surface area contributed by atoms with Crippen molar-refractivity contribution >= 4 is 23.6 Å². The van der Waals surface area contributed by atoms with Gasteiger partial charge in [-0.05, 0) is 18.6 Å². The Labute approximate surface area is 167 Å². The number of hydrogen-bond acceptors (Lipinski definition) is 5. The summed E-state index contributed by atoms with van der Waals surface area (Å²) in [6, 6.07) is 6.38. The number of rotatable bonds is 7. The summed E-state index contributed by atoms with van der Waals surface area (Å²) in [5, 5.41) is 8.82. The van der Waals surface area contributed by atoms with Crippen molar-refractivity contribution in [3.8, 4) is 5.75 Å².